The number of anilines is 1. The van der Waals surface area contributed by atoms with Gasteiger partial charge in [-0.2, -0.15) is 0 Å². The fourth-order valence-corrected chi connectivity index (χ4v) is 3.64. The van der Waals surface area contributed by atoms with Crippen LogP contribution in [-0.4, -0.2) is 48.5 Å². The van der Waals surface area contributed by atoms with Crippen molar-refractivity contribution in [3.63, 3.8) is 0 Å². The number of nitrogen functional groups attached to an aromatic ring is 1. The Morgan fingerprint density at radius 1 is 1.15 bits per heavy atom. The van der Waals surface area contributed by atoms with Crippen molar-refractivity contribution in [3.05, 3.63) is 40.2 Å². The first-order valence-corrected chi connectivity index (χ1v) is 11.5. The topological polar surface area (TPSA) is 108 Å². The summed E-state index contributed by atoms with van der Waals surface area (Å²) < 4.78 is 16.0. The summed E-state index contributed by atoms with van der Waals surface area (Å²) in [7, 11) is 1.91. The molecule has 4 rings (SSSR count). The Morgan fingerprint density at radius 2 is 1.91 bits per heavy atom. The van der Waals surface area contributed by atoms with E-state index in [2.05, 4.69) is 15.5 Å². The van der Waals surface area contributed by atoms with E-state index >= 15 is 0 Å². The van der Waals surface area contributed by atoms with Gasteiger partial charge in [0, 0.05) is 24.3 Å². The van der Waals surface area contributed by atoms with Gasteiger partial charge in [-0.3, -0.25) is 0 Å². The van der Waals surface area contributed by atoms with Crippen LogP contribution in [0.1, 0.15) is 36.3 Å². The molecule has 0 radical (unpaired) electrons. The number of halogens is 1. The van der Waals surface area contributed by atoms with Crippen molar-refractivity contribution in [3.8, 4) is 28.4 Å². The molecule has 2 aromatic heterocycles. The molecule has 0 spiro atoms. The zero-order chi connectivity index (χ0) is 23.8. The highest BCUT2D eigenvalue weighted by atomic mass is 35.5. The number of hydrogen-bond donors (Lipinski definition) is 2. The number of nitrogens with zero attached hydrogens (tertiary/aromatic N) is 3. The van der Waals surface area contributed by atoms with Crippen LogP contribution in [0.2, 0.25) is 5.02 Å². The minimum Gasteiger partial charge on any atom is -0.494 e. The van der Waals surface area contributed by atoms with Crippen molar-refractivity contribution < 1.29 is 14.0 Å². The van der Waals surface area contributed by atoms with Gasteiger partial charge in [0.15, 0.2) is 5.82 Å². The molecule has 3 aromatic rings. The maximum Gasteiger partial charge on any atom is 0.163 e. The predicted molar refractivity (Wildman–Crippen MR) is 131 cm³/mol. The van der Waals surface area contributed by atoms with E-state index in [0.29, 0.717) is 46.0 Å². The molecule has 8 nitrogen and oxygen atoms in total. The highest BCUT2D eigenvalue weighted by molar-refractivity contribution is 6.33. The number of benzene rings is 1. The van der Waals surface area contributed by atoms with E-state index in [4.69, 9.17) is 36.3 Å². The molecular weight excluding hydrogens is 442 g/mol. The Labute approximate surface area is 199 Å². The van der Waals surface area contributed by atoms with Crippen LogP contribution in [0.4, 0.5) is 5.82 Å². The minimum absolute atomic E-state index is 0.386. The van der Waals surface area contributed by atoms with Gasteiger partial charge in [0.25, 0.3) is 0 Å². The Hall–Kier alpha value is -2.68. The number of rotatable bonds is 7. The van der Waals surface area contributed by atoms with Crippen molar-refractivity contribution >= 4 is 17.4 Å². The quantitative estimate of drug-likeness (QED) is 0.473. The van der Waals surface area contributed by atoms with Gasteiger partial charge in [0.1, 0.15) is 17.3 Å². The Morgan fingerprint density at radius 3 is 2.52 bits per heavy atom. The van der Waals surface area contributed by atoms with E-state index in [1.807, 2.05) is 40.0 Å². The molecule has 3 N–H and O–H groups in total. The molecule has 0 atom stereocenters. The maximum absolute atomic E-state index is 6.43. The molecule has 3 heterocycles. The van der Waals surface area contributed by atoms with Gasteiger partial charge in [0.05, 0.1) is 28.6 Å². The summed E-state index contributed by atoms with van der Waals surface area (Å²) >= 11 is 6.43. The molecule has 0 amide bonds. The molecule has 9 heteroatoms. The van der Waals surface area contributed by atoms with E-state index in [-0.39, 0.29) is 0 Å². The fourth-order valence-electron chi connectivity index (χ4n) is 3.43. The average molecular weight is 474 g/mol. The van der Waals surface area contributed by atoms with Crippen LogP contribution < -0.4 is 15.8 Å². The van der Waals surface area contributed by atoms with Crippen LogP contribution >= 0.6 is 11.6 Å². The van der Waals surface area contributed by atoms with Crippen molar-refractivity contribution in [2.45, 2.75) is 40.0 Å². The molecule has 178 valence electrons. The fraction of sp³-hybridized carbons (Fsp3) is 0.458. The smallest absolute Gasteiger partial charge is 0.163 e. The highest BCUT2D eigenvalue weighted by Gasteiger charge is 2.20. The zero-order valence-electron chi connectivity index (χ0n) is 19.7. The molecule has 33 heavy (non-hydrogen) atoms. The van der Waals surface area contributed by atoms with Crippen molar-refractivity contribution in [2.24, 2.45) is 0 Å². The van der Waals surface area contributed by atoms with Crippen LogP contribution in [0.15, 0.2) is 22.7 Å². The second-order valence-electron chi connectivity index (χ2n) is 7.87. The number of nitrogens with two attached hydrogens (primary N) is 1. The monoisotopic (exact) mass is 473 g/mol. The third-order valence-corrected chi connectivity index (χ3v) is 5.63. The number of aryl methyl sites for hydroxylation is 2. The molecule has 1 saturated heterocycles. The Balaban J connectivity index is 0.000000541. The molecule has 1 aliphatic heterocycles. The summed E-state index contributed by atoms with van der Waals surface area (Å²) in [6.07, 6.45) is 3.46. The van der Waals surface area contributed by atoms with E-state index in [9.17, 15) is 0 Å². The normalized spacial score (nSPS) is 13.0. The van der Waals surface area contributed by atoms with E-state index in [1.54, 1.807) is 6.07 Å². The molecule has 1 fully saturated rings. The first kappa shape index (κ1) is 25.0. The van der Waals surface area contributed by atoms with Crippen molar-refractivity contribution in [2.75, 3.05) is 39.1 Å². The lowest BCUT2D eigenvalue weighted by Crippen LogP contribution is -2.11. The first-order valence-electron chi connectivity index (χ1n) is 11.1. The molecular formula is C24H32ClN5O3. The number of ether oxygens (including phenoxy) is 2. The molecule has 0 aliphatic carbocycles. The van der Waals surface area contributed by atoms with Crippen LogP contribution in [0.3, 0.4) is 0 Å². The minimum atomic E-state index is 0.386. The summed E-state index contributed by atoms with van der Waals surface area (Å²) in [5, 5.41) is 7.64. The summed E-state index contributed by atoms with van der Waals surface area (Å²) in [5.74, 6) is 2.20. The van der Waals surface area contributed by atoms with Crippen LogP contribution in [0.25, 0.3) is 22.6 Å². The van der Waals surface area contributed by atoms with Gasteiger partial charge in [0.2, 0.25) is 0 Å². The summed E-state index contributed by atoms with van der Waals surface area (Å²) in [6, 6.07) is 5.44. The predicted octanol–water partition coefficient (Wildman–Crippen LogP) is 4.74. The van der Waals surface area contributed by atoms with Gasteiger partial charge >= 0.3 is 0 Å². The lowest BCUT2D eigenvalue weighted by atomic mass is 10.1. The molecule has 1 aromatic carbocycles. The number of aromatic nitrogens is 3. The van der Waals surface area contributed by atoms with Gasteiger partial charge in [-0.15, -0.1) is 0 Å². The summed E-state index contributed by atoms with van der Waals surface area (Å²) in [6.45, 7) is 9.08. The van der Waals surface area contributed by atoms with Crippen LogP contribution in [-0.2, 0) is 4.74 Å². The van der Waals surface area contributed by atoms with E-state index in [1.165, 1.54) is 12.8 Å². The second kappa shape index (κ2) is 12.0. The van der Waals surface area contributed by atoms with E-state index in [0.717, 1.165) is 43.0 Å². The summed E-state index contributed by atoms with van der Waals surface area (Å²) in [5.41, 5.74) is 9.88. The molecule has 0 bridgehead atoms. The molecule has 1 aliphatic rings. The SMILES string of the molecule is C1CCOC1.CNCCCOc1ccc(Cl)c(-c2nc(N)c(C)c(-c3c(C)noc3C)n2)c1. The lowest BCUT2D eigenvalue weighted by Gasteiger charge is -2.12. The first-order chi connectivity index (χ1) is 15.9. The van der Waals surface area contributed by atoms with Gasteiger partial charge < -0.3 is 25.0 Å². The zero-order valence-corrected chi connectivity index (χ0v) is 20.5. The second-order valence-corrected chi connectivity index (χ2v) is 8.28. The molecule has 0 unspecified atom stereocenters. The van der Waals surface area contributed by atoms with Gasteiger partial charge in [-0.25, -0.2) is 9.97 Å². The Kier molecular flexibility index (Phi) is 9.05. The highest BCUT2D eigenvalue weighted by Crippen LogP contribution is 2.35. The standard InChI is InChI=1S/C20H24ClN5O2.C4H8O/c1-11-18(17-12(2)26-28-13(17)3)24-20(25-19(11)22)15-10-14(6-7-16(15)21)27-9-5-8-23-4;1-2-4-5-3-1/h6-7,10,23H,5,8-9H2,1-4H3,(H2,22,24,25);1-4H2. The Bertz CT molecular complexity index is 1040. The maximum atomic E-state index is 6.43. The summed E-state index contributed by atoms with van der Waals surface area (Å²) in [4.78, 5) is 9.19. The van der Waals surface area contributed by atoms with Crippen molar-refractivity contribution in [1.82, 2.24) is 20.4 Å². The van der Waals surface area contributed by atoms with Crippen LogP contribution in [0.5, 0.6) is 5.75 Å². The number of nitrogens with one attached hydrogen (secondary N) is 1. The third kappa shape index (κ3) is 6.43. The van der Waals surface area contributed by atoms with E-state index < -0.39 is 0 Å². The molecule has 0 saturated carbocycles. The average Bonchev–Trinajstić information content (AvgIpc) is 3.48. The van der Waals surface area contributed by atoms with Crippen molar-refractivity contribution in [1.29, 1.82) is 0 Å². The van der Waals surface area contributed by atoms with Crippen LogP contribution in [0, 0.1) is 20.8 Å². The number of hydrogen-bond acceptors (Lipinski definition) is 8. The third-order valence-electron chi connectivity index (χ3n) is 5.30. The van der Waals surface area contributed by atoms with Gasteiger partial charge in [-0.05, 0) is 71.8 Å². The largest absolute Gasteiger partial charge is 0.494 e. The van der Waals surface area contributed by atoms with Gasteiger partial charge in [-0.1, -0.05) is 16.8 Å². The lowest BCUT2D eigenvalue weighted by molar-refractivity contribution is 0.198.